The molecule has 2 aliphatic rings. The van der Waals surface area contributed by atoms with Crippen LogP contribution in [0.3, 0.4) is 0 Å². The molecule has 1 heterocycles. The SMILES string of the molecule is CC(C)C[C@H](NC(=O)N(CCCN=C(NC(=O)OC(C)(C)C)NC(=O)OC(C)(C)C)NC(=O)[C@@H]1CCCN1C(=O)OCC1c2ccccc2-c2ccccc21)C(=O)O. The first-order valence-electron chi connectivity index (χ1n) is 19.5. The molecule has 1 fully saturated rings. The van der Waals surface area contributed by atoms with Crippen LogP contribution >= 0.6 is 0 Å². The number of ether oxygens (including phenoxy) is 3. The summed E-state index contributed by atoms with van der Waals surface area (Å²) in [7, 11) is 0. The van der Waals surface area contributed by atoms with Crippen LogP contribution in [-0.2, 0) is 23.8 Å². The van der Waals surface area contributed by atoms with E-state index in [1.54, 1.807) is 41.5 Å². The van der Waals surface area contributed by atoms with E-state index in [2.05, 4.69) is 26.4 Å². The molecule has 1 aliphatic carbocycles. The van der Waals surface area contributed by atoms with E-state index in [1.807, 2.05) is 62.4 Å². The lowest BCUT2D eigenvalue weighted by molar-refractivity contribution is -0.139. The third-order valence-corrected chi connectivity index (χ3v) is 8.97. The van der Waals surface area contributed by atoms with Crippen molar-refractivity contribution in [2.24, 2.45) is 10.9 Å². The number of carboxylic acid groups (broad SMARTS) is 1. The Kier molecular flexibility index (Phi) is 15.1. The van der Waals surface area contributed by atoms with Gasteiger partial charge in [0.15, 0.2) is 0 Å². The highest BCUT2D eigenvalue weighted by atomic mass is 16.6. The molecule has 17 heteroatoms. The Morgan fingerprint density at radius 2 is 1.43 bits per heavy atom. The van der Waals surface area contributed by atoms with Gasteiger partial charge in [-0.1, -0.05) is 62.4 Å². The summed E-state index contributed by atoms with van der Waals surface area (Å²) in [4.78, 5) is 83.6. The summed E-state index contributed by atoms with van der Waals surface area (Å²) >= 11 is 0. The van der Waals surface area contributed by atoms with Crippen LogP contribution in [0.2, 0.25) is 0 Å². The van der Waals surface area contributed by atoms with Crippen LogP contribution in [0.25, 0.3) is 11.1 Å². The number of carbonyl (C=O) groups excluding carboxylic acids is 5. The molecule has 316 valence electrons. The quantitative estimate of drug-likeness (QED) is 0.0610. The number of carboxylic acids is 1. The minimum absolute atomic E-state index is 0.0614. The number of rotatable bonds is 11. The largest absolute Gasteiger partial charge is 0.480 e. The minimum Gasteiger partial charge on any atom is -0.480 e. The van der Waals surface area contributed by atoms with Crippen molar-refractivity contribution in [2.45, 2.75) is 110 Å². The van der Waals surface area contributed by atoms with Crippen LogP contribution in [0.1, 0.15) is 98.1 Å². The predicted octanol–water partition coefficient (Wildman–Crippen LogP) is 5.74. The Morgan fingerprint density at radius 1 is 0.879 bits per heavy atom. The summed E-state index contributed by atoms with van der Waals surface area (Å²) < 4.78 is 16.4. The van der Waals surface area contributed by atoms with Crippen LogP contribution in [-0.4, -0.2) is 107 Å². The molecule has 2 atom stereocenters. The predicted molar refractivity (Wildman–Crippen MR) is 215 cm³/mol. The number of benzene rings is 2. The first-order chi connectivity index (χ1) is 27.2. The van der Waals surface area contributed by atoms with Gasteiger partial charge in [0, 0.05) is 25.6 Å². The van der Waals surface area contributed by atoms with Gasteiger partial charge in [0.1, 0.15) is 29.9 Å². The number of likely N-dealkylation sites (tertiary alicyclic amines) is 1. The van der Waals surface area contributed by atoms with Crippen molar-refractivity contribution in [2.75, 3.05) is 26.2 Å². The van der Waals surface area contributed by atoms with E-state index < -0.39 is 59.5 Å². The van der Waals surface area contributed by atoms with Gasteiger partial charge in [-0.25, -0.2) is 29.0 Å². The first kappa shape index (κ1) is 44.8. The lowest BCUT2D eigenvalue weighted by Gasteiger charge is -2.29. The lowest BCUT2D eigenvalue weighted by atomic mass is 9.98. The van der Waals surface area contributed by atoms with E-state index in [4.69, 9.17) is 14.2 Å². The molecular formula is C41H57N7O10. The van der Waals surface area contributed by atoms with Crippen molar-refractivity contribution >= 4 is 42.1 Å². The number of hydrogen-bond acceptors (Lipinski definition) is 10. The maximum absolute atomic E-state index is 13.8. The highest BCUT2D eigenvalue weighted by molar-refractivity contribution is 6.01. The maximum Gasteiger partial charge on any atom is 0.414 e. The van der Waals surface area contributed by atoms with E-state index in [-0.39, 0.29) is 56.9 Å². The number of aliphatic carboxylic acids is 1. The Morgan fingerprint density at radius 3 is 1.95 bits per heavy atom. The zero-order valence-corrected chi connectivity index (χ0v) is 34.5. The fourth-order valence-corrected chi connectivity index (χ4v) is 6.60. The van der Waals surface area contributed by atoms with E-state index >= 15 is 0 Å². The Hall–Kier alpha value is -5.87. The number of nitrogens with zero attached hydrogens (tertiary/aromatic N) is 3. The number of alkyl carbamates (subject to hydrolysis) is 2. The van der Waals surface area contributed by atoms with Crippen LogP contribution in [0.4, 0.5) is 19.2 Å². The maximum atomic E-state index is 13.8. The van der Waals surface area contributed by atoms with Gasteiger partial charge in [0.25, 0.3) is 5.91 Å². The molecule has 5 N–H and O–H groups in total. The highest BCUT2D eigenvalue weighted by Gasteiger charge is 2.38. The second kappa shape index (κ2) is 19.5. The van der Waals surface area contributed by atoms with Gasteiger partial charge >= 0.3 is 30.3 Å². The third-order valence-electron chi connectivity index (χ3n) is 8.97. The van der Waals surface area contributed by atoms with Gasteiger partial charge in [0.05, 0.1) is 0 Å². The molecular weight excluding hydrogens is 750 g/mol. The van der Waals surface area contributed by atoms with Gasteiger partial charge < -0.3 is 24.6 Å². The lowest BCUT2D eigenvalue weighted by Crippen LogP contribution is -2.58. The summed E-state index contributed by atoms with van der Waals surface area (Å²) in [6.45, 7) is 13.6. The number of carbonyl (C=O) groups is 6. The normalized spacial score (nSPS) is 15.3. The standard InChI is InChI=1S/C41H57N7O10/c1-25(2)23-31(34(50)51)43-36(52)48(22-14-20-42-35(44-37(53)57-40(3,4)5)45-38(54)58-41(6,7)8)46-33(49)32-19-13-21-47(32)39(55)56-24-30-28-17-11-9-15-26(28)27-16-10-12-18-29(27)30/h9-12,15-18,25,30-32H,13-14,19-24H2,1-8H3,(H,43,52)(H,46,49)(H,50,51)(H2,42,44,45,53,54)/t31-,32-/m0/s1. The van der Waals surface area contributed by atoms with E-state index in [0.29, 0.717) is 12.8 Å². The molecule has 0 saturated carbocycles. The molecule has 58 heavy (non-hydrogen) atoms. The molecule has 6 amide bonds. The first-order valence-corrected chi connectivity index (χ1v) is 19.5. The van der Waals surface area contributed by atoms with Gasteiger partial charge in [-0.15, -0.1) is 0 Å². The second-order valence-corrected chi connectivity index (χ2v) is 16.6. The number of urea groups is 1. The average molecular weight is 808 g/mol. The molecule has 0 aromatic heterocycles. The van der Waals surface area contributed by atoms with Crippen LogP contribution in [0, 0.1) is 5.92 Å². The van der Waals surface area contributed by atoms with Gasteiger partial charge in [-0.3, -0.25) is 30.7 Å². The fourth-order valence-electron chi connectivity index (χ4n) is 6.60. The number of fused-ring (bicyclic) bond motifs is 3. The smallest absolute Gasteiger partial charge is 0.414 e. The number of hydrazine groups is 1. The molecule has 0 radical (unpaired) electrons. The van der Waals surface area contributed by atoms with Crippen molar-refractivity contribution in [3.63, 3.8) is 0 Å². The van der Waals surface area contributed by atoms with E-state index in [0.717, 1.165) is 27.3 Å². The third kappa shape index (κ3) is 13.1. The minimum atomic E-state index is -1.25. The van der Waals surface area contributed by atoms with Gasteiger partial charge in [-0.05, 0) is 95.4 Å². The van der Waals surface area contributed by atoms with E-state index in [9.17, 15) is 33.9 Å². The fraction of sp³-hybridized carbons (Fsp3) is 0.537. The highest BCUT2D eigenvalue weighted by Crippen LogP contribution is 2.44. The summed E-state index contributed by atoms with van der Waals surface area (Å²) in [5, 5.41) is 18.0. The van der Waals surface area contributed by atoms with Crippen molar-refractivity contribution in [1.29, 1.82) is 0 Å². The van der Waals surface area contributed by atoms with E-state index in [1.165, 1.54) is 4.90 Å². The molecule has 2 aromatic carbocycles. The van der Waals surface area contributed by atoms with Crippen LogP contribution in [0.5, 0.6) is 0 Å². The number of nitrogens with one attached hydrogen (secondary N) is 4. The molecule has 0 spiro atoms. The molecule has 17 nitrogen and oxygen atoms in total. The molecule has 1 aliphatic heterocycles. The summed E-state index contributed by atoms with van der Waals surface area (Å²) in [5.41, 5.74) is 5.13. The molecule has 0 bridgehead atoms. The van der Waals surface area contributed by atoms with Crippen molar-refractivity contribution in [3.05, 3.63) is 59.7 Å². The number of amides is 6. The topological polar surface area (TPSA) is 217 Å². The van der Waals surface area contributed by atoms with Crippen LogP contribution in [0.15, 0.2) is 53.5 Å². The number of hydrogen-bond donors (Lipinski definition) is 5. The zero-order valence-electron chi connectivity index (χ0n) is 34.5. The van der Waals surface area contributed by atoms with Crippen LogP contribution < -0.4 is 21.4 Å². The Bertz CT molecular complexity index is 1770. The number of guanidine groups is 1. The molecule has 2 aromatic rings. The van der Waals surface area contributed by atoms with Crippen molar-refractivity contribution in [1.82, 2.24) is 31.3 Å². The summed E-state index contributed by atoms with van der Waals surface area (Å²) in [6, 6.07) is 12.8. The number of aliphatic imine (C=N–C) groups is 1. The molecule has 1 saturated heterocycles. The second-order valence-electron chi connectivity index (χ2n) is 16.6. The monoisotopic (exact) mass is 807 g/mol. The van der Waals surface area contributed by atoms with Gasteiger partial charge in [-0.2, -0.15) is 0 Å². The van der Waals surface area contributed by atoms with Gasteiger partial charge in [0.2, 0.25) is 5.96 Å². The summed E-state index contributed by atoms with van der Waals surface area (Å²) in [5.74, 6) is -2.45. The molecule has 4 rings (SSSR count). The average Bonchev–Trinajstić information content (AvgIpc) is 3.73. The van der Waals surface area contributed by atoms with Crippen molar-refractivity contribution < 1.29 is 48.1 Å². The zero-order chi connectivity index (χ0) is 42.8. The molecule has 0 unspecified atom stereocenters. The Balaban J connectivity index is 1.46. The summed E-state index contributed by atoms with van der Waals surface area (Å²) in [6.07, 6.45) is -1.45. The van der Waals surface area contributed by atoms with Crippen molar-refractivity contribution in [3.8, 4) is 11.1 Å². The Labute approximate surface area is 339 Å².